The van der Waals surface area contributed by atoms with Crippen LogP contribution in [0.15, 0.2) is 0 Å². The van der Waals surface area contributed by atoms with Crippen molar-refractivity contribution in [1.82, 2.24) is 10.2 Å². The van der Waals surface area contributed by atoms with Gasteiger partial charge in [-0.25, -0.2) is 0 Å². The second-order valence-electron chi connectivity index (χ2n) is 4.64. The molecule has 1 aliphatic rings. The first-order chi connectivity index (χ1) is 7.88. The van der Waals surface area contributed by atoms with Gasteiger partial charge in [0.2, 0.25) is 17.7 Å². The van der Waals surface area contributed by atoms with E-state index in [1.807, 2.05) is 13.8 Å². The first kappa shape index (κ1) is 13.6. The van der Waals surface area contributed by atoms with Gasteiger partial charge in [0.25, 0.3) is 0 Å². The largest absolute Gasteiger partial charge is 0.330 e. The number of amides is 3. The van der Waals surface area contributed by atoms with Crippen LogP contribution in [0.1, 0.15) is 20.8 Å². The Morgan fingerprint density at radius 2 is 2.12 bits per heavy atom. The number of hydrogen-bond acceptors (Lipinski definition) is 4. The van der Waals surface area contributed by atoms with Crippen LogP contribution in [-0.4, -0.2) is 41.8 Å². The number of hydrogen-bond donors (Lipinski definition) is 2. The van der Waals surface area contributed by atoms with Crippen LogP contribution in [0.5, 0.6) is 0 Å². The molecule has 0 saturated carbocycles. The lowest BCUT2D eigenvalue weighted by atomic mass is 9.93. The van der Waals surface area contributed by atoms with Gasteiger partial charge in [0.05, 0.1) is 5.92 Å². The lowest BCUT2D eigenvalue weighted by Gasteiger charge is -2.35. The number of imide groups is 1. The summed E-state index contributed by atoms with van der Waals surface area (Å²) in [6.45, 7) is 5.54. The molecule has 2 atom stereocenters. The smallest absolute Gasteiger partial charge is 0.249 e. The molecule has 0 aromatic rings. The first-order valence-corrected chi connectivity index (χ1v) is 5.72. The fourth-order valence-electron chi connectivity index (χ4n) is 1.85. The Morgan fingerprint density at radius 3 is 2.59 bits per heavy atom. The summed E-state index contributed by atoms with van der Waals surface area (Å²) in [6.07, 6.45) is 0. The fourth-order valence-corrected chi connectivity index (χ4v) is 1.85. The molecule has 6 nitrogen and oxygen atoms in total. The van der Waals surface area contributed by atoms with Crippen molar-refractivity contribution in [2.75, 3.05) is 13.1 Å². The molecule has 17 heavy (non-hydrogen) atoms. The van der Waals surface area contributed by atoms with E-state index in [1.54, 1.807) is 6.92 Å². The van der Waals surface area contributed by atoms with Gasteiger partial charge in [-0.2, -0.15) is 0 Å². The zero-order chi connectivity index (χ0) is 13.2. The molecule has 3 amide bonds. The highest BCUT2D eigenvalue weighted by Gasteiger charge is 2.36. The van der Waals surface area contributed by atoms with E-state index < -0.39 is 17.9 Å². The molecule has 1 rings (SSSR count). The lowest BCUT2D eigenvalue weighted by Crippen LogP contribution is -2.60. The van der Waals surface area contributed by atoms with Crippen molar-refractivity contribution < 1.29 is 14.4 Å². The highest BCUT2D eigenvalue weighted by molar-refractivity contribution is 6.04. The normalized spacial score (nSPS) is 22.6. The summed E-state index contributed by atoms with van der Waals surface area (Å²) in [5, 5.41) is 2.20. The van der Waals surface area contributed by atoms with E-state index in [-0.39, 0.29) is 30.8 Å². The van der Waals surface area contributed by atoms with Gasteiger partial charge in [-0.05, 0) is 12.8 Å². The molecule has 0 spiro atoms. The van der Waals surface area contributed by atoms with Crippen LogP contribution < -0.4 is 11.1 Å². The van der Waals surface area contributed by atoms with Gasteiger partial charge in [0, 0.05) is 6.54 Å². The molecule has 0 aliphatic carbocycles. The van der Waals surface area contributed by atoms with Gasteiger partial charge >= 0.3 is 0 Å². The van der Waals surface area contributed by atoms with Crippen molar-refractivity contribution >= 4 is 17.7 Å². The third-order valence-electron chi connectivity index (χ3n) is 3.08. The molecule has 1 fully saturated rings. The van der Waals surface area contributed by atoms with Gasteiger partial charge in [-0.1, -0.05) is 13.8 Å². The predicted molar refractivity (Wildman–Crippen MR) is 61.7 cm³/mol. The summed E-state index contributed by atoms with van der Waals surface area (Å²) in [5.41, 5.74) is 5.56. The molecule has 6 heteroatoms. The summed E-state index contributed by atoms with van der Waals surface area (Å²) in [7, 11) is 0. The quantitative estimate of drug-likeness (QED) is 0.626. The minimum Gasteiger partial charge on any atom is -0.330 e. The van der Waals surface area contributed by atoms with Crippen LogP contribution in [0.3, 0.4) is 0 Å². The highest BCUT2D eigenvalue weighted by atomic mass is 16.2. The molecule has 0 aromatic heterocycles. The molecule has 96 valence electrons. The van der Waals surface area contributed by atoms with Gasteiger partial charge in [0.15, 0.2) is 0 Å². The zero-order valence-corrected chi connectivity index (χ0v) is 10.4. The monoisotopic (exact) mass is 241 g/mol. The minimum atomic E-state index is -0.618. The van der Waals surface area contributed by atoms with E-state index in [1.165, 1.54) is 4.90 Å². The van der Waals surface area contributed by atoms with E-state index in [4.69, 9.17) is 5.73 Å². The van der Waals surface area contributed by atoms with Crippen molar-refractivity contribution in [3.8, 4) is 0 Å². The molecule has 0 radical (unpaired) electrons. The molecule has 0 bridgehead atoms. The second kappa shape index (κ2) is 5.27. The standard InChI is InChI=1S/C11H19N3O3/c1-6(2)8(4-12)11(17)14-5-9(15)13-10(16)7(14)3/h6-8H,4-5,12H2,1-3H3,(H,13,15,16). The summed E-state index contributed by atoms with van der Waals surface area (Å²) in [4.78, 5) is 36.2. The third-order valence-corrected chi connectivity index (χ3v) is 3.08. The van der Waals surface area contributed by atoms with Crippen LogP contribution in [0.25, 0.3) is 0 Å². The molecular weight excluding hydrogens is 222 g/mol. The molecular formula is C11H19N3O3. The fraction of sp³-hybridized carbons (Fsp3) is 0.727. The second-order valence-corrected chi connectivity index (χ2v) is 4.64. The van der Waals surface area contributed by atoms with E-state index in [0.717, 1.165) is 0 Å². The minimum absolute atomic E-state index is 0.0744. The lowest BCUT2D eigenvalue weighted by molar-refractivity contribution is -0.152. The Labute approximate surface area is 101 Å². The van der Waals surface area contributed by atoms with Crippen LogP contribution in [0.4, 0.5) is 0 Å². The molecule has 1 saturated heterocycles. The van der Waals surface area contributed by atoms with Crippen molar-refractivity contribution in [1.29, 1.82) is 0 Å². The third kappa shape index (κ3) is 2.82. The van der Waals surface area contributed by atoms with E-state index in [0.29, 0.717) is 0 Å². The Hall–Kier alpha value is -1.43. The SMILES string of the molecule is CC(C)C(CN)C(=O)N1CC(=O)NC(=O)C1C. The topological polar surface area (TPSA) is 92.5 Å². The Bertz CT molecular complexity index is 341. The van der Waals surface area contributed by atoms with Gasteiger partial charge in [-0.3, -0.25) is 19.7 Å². The Morgan fingerprint density at radius 1 is 1.53 bits per heavy atom. The summed E-state index contributed by atoms with van der Waals surface area (Å²) >= 11 is 0. The Balaban J connectivity index is 2.86. The number of nitrogens with one attached hydrogen (secondary N) is 1. The average Bonchev–Trinajstić information content (AvgIpc) is 2.23. The first-order valence-electron chi connectivity index (χ1n) is 5.72. The number of nitrogens with two attached hydrogens (primary N) is 1. The van der Waals surface area contributed by atoms with Crippen molar-refractivity contribution in [3.63, 3.8) is 0 Å². The van der Waals surface area contributed by atoms with Crippen LogP contribution in [0.2, 0.25) is 0 Å². The molecule has 1 heterocycles. The summed E-state index contributed by atoms with van der Waals surface area (Å²) in [6, 6.07) is -0.618. The number of piperazine rings is 1. The van der Waals surface area contributed by atoms with Crippen LogP contribution >= 0.6 is 0 Å². The van der Waals surface area contributed by atoms with Crippen LogP contribution in [-0.2, 0) is 14.4 Å². The van der Waals surface area contributed by atoms with Crippen molar-refractivity contribution in [2.24, 2.45) is 17.6 Å². The van der Waals surface area contributed by atoms with Gasteiger partial charge in [-0.15, -0.1) is 0 Å². The maximum Gasteiger partial charge on any atom is 0.249 e. The zero-order valence-electron chi connectivity index (χ0n) is 10.4. The maximum absolute atomic E-state index is 12.2. The Kier molecular flexibility index (Phi) is 4.22. The highest BCUT2D eigenvalue weighted by Crippen LogP contribution is 2.16. The van der Waals surface area contributed by atoms with E-state index >= 15 is 0 Å². The van der Waals surface area contributed by atoms with E-state index in [2.05, 4.69) is 5.32 Å². The van der Waals surface area contributed by atoms with Crippen molar-refractivity contribution in [3.05, 3.63) is 0 Å². The van der Waals surface area contributed by atoms with Gasteiger partial charge < -0.3 is 10.6 Å². The predicted octanol–water partition coefficient (Wildman–Crippen LogP) is -0.909. The maximum atomic E-state index is 12.2. The molecule has 3 N–H and O–H groups in total. The van der Waals surface area contributed by atoms with E-state index in [9.17, 15) is 14.4 Å². The number of nitrogens with zero attached hydrogens (tertiary/aromatic N) is 1. The average molecular weight is 241 g/mol. The number of carbonyl (C=O) groups is 3. The summed E-state index contributed by atoms with van der Waals surface area (Å²) in [5.74, 6) is -1.37. The number of carbonyl (C=O) groups excluding carboxylic acids is 3. The molecule has 0 aromatic carbocycles. The summed E-state index contributed by atoms with van der Waals surface area (Å²) < 4.78 is 0. The molecule has 2 unspecified atom stereocenters. The number of rotatable bonds is 3. The van der Waals surface area contributed by atoms with Crippen LogP contribution in [0, 0.1) is 11.8 Å². The van der Waals surface area contributed by atoms with Crippen molar-refractivity contribution in [2.45, 2.75) is 26.8 Å². The molecule has 1 aliphatic heterocycles. The van der Waals surface area contributed by atoms with Gasteiger partial charge in [0.1, 0.15) is 12.6 Å².